The maximum Gasteiger partial charge on any atom is 0.325 e. The monoisotopic (exact) mass is 313 g/mol. The van der Waals surface area contributed by atoms with Crippen LogP contribution in [0.2, 0.25) is 0 Å². The van der Waals surface area contributed by atoms with E-state index in [1.807, 2.05) is 13.0 Å². The first-order chi connectivity index (χ1) is 11.0. The van der Waals surface area contributed by atoms with Gasteiger partial charge >= 0.3 is 6.03 Å². The summed E-state index contributed by atoms with van der Waals surface area (Å²) in [6.07, 6.45) is 1.23. The fraction of sp³-hybridized carbons (Fsp3) is 0.267. The summed E-state index contributed by atoms with van der Waals surface area (Å²) in [6, 6.07) is 5.86. The van der Waals surface area contributed by atoms with Crippen LogP contribution in [0.3, 0.4) is 0 Å². The van der Waals surface area contributed by atoms with Crippen LogP contribution in [0.25, 0.3) is 0 Å². The highest BCUT2D eigenvalue weighted by Crippen LogP contribution is 2.38. The number of phenolic OH excluding ortho intramolecular Hbond substituents is 1. The first-order valence-electron chi connectivity index (χ1n) is 7.19. The Bertz CT molecular complexity index is 787. The van der Waals surface area contributed by atoms with Crippen LogP contribution in [-0.4, -0.2) is 52.1 Å². The lowest BCUT2D eigenvalue weighted by Gasteiger charge is -2.34. The molecule has 0 radical (unpaired) electrons. The van der Waals surface area contributed by atoms with Crippen molar-refractivity contribution in [2.24, 2.45) is 4.99 Å². The summed E-state index contributed by atoms with van der Waals surface area (Å²) in [5, 5.41) is 12.5. The lowest BCUT2D eigenvalue weighted by molar-refractivity contribution is -0.126. The Morgan fingerprint density at radius 2 is 2.00 bits per heavy atom. The molecule has 1 aromatic carbocycles. The molecule has 2 atom stereocenters. The number of urea groups is 1. The summed E-state index contributed by atoms with van der Waals surface area (Å²) >= 11 is 0. The quantitative estimate of drug-likeness (QED) is 0.793. The highest BCUT2D eigenvalue weighted by Gasteiger charge is 2.51. The number of aromatic hydroxyl groups is 1. The maximum atomic E-state index is 12.2. The second-order valence-electron chi connectivity index (χ2n) is 5.69. The van der Waals surface area contributed by atoms with Crippen molar-refractivity contribution < 1.29 is 14.7 Å². The van der Waals surface area contributed by atoms with E-state index in [2.05, 4.69) is 10.3 Å². The van der Waals surface area contributed by atoms with Crippen LogP contribution in [0.1, 0.15) is 6.92 Å². The van der Waals surface area contributed by atoms with E-state index in [1.165, 1.54) is 4.90 Å². The molecule has 3 amide bonds. The molecule has 8 nitrogen and oxygen atoms in total. The fourth-order valence-corrected chi connectivity index (χ4v) is 3.15. The molecule has 23 heavy (non-hydrogen) atoms. The van der Waals surface area contributed by atoms with E-state index in [-0.39, 0.29) is 11.7 Å². The van der Waals surface area contributed by atoms with E-state index in [1.54, 1.807) is 41.2 Å². The maximum absolute atomic E-state index is 12.2. The first kappa shape index (κ1) is 13.6. The number of nitrogens with one attached hydrogen (secondary N) is 1. The van der Waals surface area contributed by atoms with Gasteiger partial charge in [-0.2, -0.15) is 0 Å². The number of nitrogens with zero attached hydrogens (tertiary/aromatic N) is 4. The van der Waals surface area contributed by atoms with Gasteiger partial charge in [-0.25, -0.2) is 9.79 Å². The van der Waals surface area contributed by atoms with Crippen LogP contribution in [-0.2, 0) is 4.79 Å². The van der Waals surface area contributed by atoms with Crippen molar-refractivity contribution in [1.82, 2.24) is 15.1 Å². The minimum Gasteiger partial charge on any atom is -0.506 e. The number of amides is 3. The summed E-state index contributed by atoms with van der Waals surface area (Å²) in [7, 11) is 1.60. The average molecular weight is 313 g/mol. The number of benzene rings is 1. The second-order valence-corrected chi connectivity index (χ2v) is 5.69. The number of guanidine groups is 1. The molecule has 1 aromatic rings. The molecule has 2 unspecified atom stereocenters. The number of hydrogen-bond acceptors (Lipinski definition) is 6. The summed E-state index contributed by atoms with van der Waals surface area (Å²) in [4.78, 5) is 33.5. The Morgan fingerprint density at radius 3 is 2.74 bits per heavy atom. The van der Waals surface area contributed by atoms with Crippen molar-refractivity contribution in [2.75, 3.05) is 11.9 Å². The summed E-state index contributed by atoms with van der Waals surface area (Å²) < 4.78 is 0. The van der Waals surface area contributed by atoms with E-state index in [0.29, 0.717) is 11.6 Å². The van der Waals surface area contributed by atoms with Gasteiger partial charge in [0.05, 0.1) is 5.69 Å². The van der Waals surface area contributed by atoms with E-state index in [0.717, 1.165) is 5.70 Å². The first-order valence-corrected chi connectivity index (χ1v) is 7.19. The molecule has 0 bridgehead atoms. The largest absolute Gasteiger partial charge is 0.506 e. The van der Waals surface area contributed by atoms with Crippen molar-refractivity contribution in [3.63, 3.8) is 0 Å². The third-order valence-corrected chi connectivity index (χ3v) is 4.28. The number of allylic oxidation sites excluding steroid dienone is 1. The van der Waals surface area contributed by atoms with Crippen LogP contribution in [0.5, 0.6) is 5.75 Å². The summed E-state index contributed by atoms with van der Waals surface area (Å²) in [5.74, 6) is 0.268. The molecule has 0 spiro atoms. The third kappa shape index (κ3) is 1.74. The number of likely N-dealkylation sites (N-methyl/N-ethyl adjacent to an activating group) is 1. The number of anilines is 1. The molecule has 0 aliphatic carbocycles. The lowest BCUT2D eigenvalue weighted by Crippen LogP contribution is -2.62. The Hall–Kier alpha value is -3.03. The van der Waals surface area contributed by atoms with E-state index in [9.17, 15) is 14.7 Å². The number of aliphatic imine (C=N–C) groups is 1. The molecule has 2 N–H and O–H groups in total. The highest BCUT2D eigenvalue weighted by molar-refractivity contribution is 6.10. The van der Waals surface area contributed by atoms with E-state index >= 15 is 0 Å². The number of para-hydroxylation sites is 2. The highest BCUT2D eigenvalue weighted by atomic mass is 16.3. The SMILES string of the molecule is CC1=CN2C(=NC3C2C(=O)NC(=O)N3C)N1c1ccccc1O. The zero-order valence-corrected chi connectivity index (χ0v) is 12.6. The van der Waals surface area contributed by atoms with Crippen molar-refractivity contribution in [3.8, 4) is 5.75 Å². The van der Waals surface area contributed by atoms with Crippen LogP contribution >= 0.6 is 0 Å². The van der Waals surface area contributed by atoms with Gasteiger partial charge in [-0.05, 0) is 19.1 Å². The van der Waals surface area contributed by atoms with Gasteiger partial charge < -0.3 is 14.9 Å². The topological polar surface area (TPSA) is 88.5 Å². The Balaban J connectivity index is 1.79. The van der Waals surface area contributed by atoms with Crippen molar-refractivity contribution >= 4 is 23.6 Å². The summed E-state index contributed by atoms with van der Waals surface area (Å²) in [5.41, 5.74) is 1.41. The summed E-state index contributed by atoms with van der Waals surface area (Å²) in [6.45, 7) is 1.87. The molecule has 0 aromatic heterocycles. The smallest absolute Gasteiger partial charge is 0.325 e. The molecular weight excluding hydrogens is 298 g/mol. The molecule has 3 aliphatic heterocycles. The van der Waals surface area contributed by atoms with Crippen LogP contribution < -0.4 is 10.2 Å². The molecule has 8 heteroatoms. The number of hydrogen-bond donors (Lipinski definition) is 2. The minimum absolute atomic E-state index is 0.119. The number of imide groups is 1. The predicted molar refractivity (Wildman–Crippen MR) is 82.5 cm³/mol. The normalized spacial score (nSPS) is 25.9. The lowest BCUT2D eigenvalue weighted by atomic mass is 10.1. The minimum atomic E-state index is -0.599. The van der Waals surface area contributed by atoms with Gasteiger partial charge in [0, 0.05) is 18.9 Å². The number of carbonyl (C=O) groups is 2. The average Bonchev–Trinajstić information content (AvgIpc) is 3.01. The van der Waals surface area contributed by atoms with E-state index in [4.69, 9.17) is 0 Å². The molecule has 1 fully saturated rings. The third-order valence-electron chi connectivity index (χ3n) is 4.28. The van der Waals surface area contributed by atoms with Crippen molar-refractivity contribution in [2.45, 2.75) is 19.1 Å². The van der Waals surface area contributed by atoms with Gasteiger partial charge in [0.25, 0.3) is 5.91 Å². The van der Waals surface area contributed by atoms with Crippen LogP contribution in [0.4, 0.5) is 10.5 Å². The molecule has 118 valence electrons. The van der Waals surface area contributed by atoms with Gasteiger partial charge in [0.15, 0.2) is 12.2 Å². The molecule has 1 saturated heterocycles. The number of phenols is 1. The van der Waals surface area contributed by atoms with Crippen LogP contribution in [0.15, 0.2) is 41.2 Å². The molecule has 3 heterocycles. The van der Waals surface area contributed by atoms with Gasteiger partial charge in [0.2, 0.25) is 5.96 Å². The molecule has 4 rings (SSSR count). The van der Waals surface area contributed by atoms with Gasteiger partial charge in [-0.3, -0.25) is 15.0 Å². The van der Waals surface area contributed by atoms with Gasteiger partial charge in [0.1, 0.15) is 5.75 Å². The van der Waals surface area contributed by atoms with E-state index < -0.39 is 18.2 Å². The zero-order chi connectivity index (χ0) is 16.3. The van der Waals surface area contributed by atoms with Crippen molar-refractivity contribution in [3.05, 3.63) is 36.2 Å². The second kappa shape index (κ2) is 4.48. The van der Waals surface area contributed by atoms with Crippen LogP contribution in [0, 0.1) is 0 Å². The zero-order valence-electron chi connectivity index (χ0n) is 12.6. The van der Waals surface area contributed by atoms with Gasteiger partial charge in [-0.1, -0.05) is 12.1 Å². The molecule has 0 saturated carbocycles. The Morgan fingerprint density at radius 1 is 1.26 bits per heavy atom. The predicted octanol–water partition coefficient (Wildman–Crippen LogP) is 0.621. The Kier molecular flexibility index (Phi) is 2.65. The number of carbonyl (C=O) groups excluding carboxylic acids is 2. The number of rotatable bonds is 1. The van der Waals surface area contributed by atoms with Gasteiger partial charge in [-0.15, -0.1) is 0 Å². The number of fused-ring (bicyclic) bond motifs is 3. The fourth-order valence-electron chi connectivity index (χ4n) is 3.15. The molecule has 3 aliphatic rings. The standard InChI is InChI=1S/C15H15N5O3/c1-8-7-19-11-12(18(2)15(23)17-13(11)22)16-14(19)20(8)9-5-3-4-6-10(9)21/h3-7,11-12,21H,1-2H3,(H,17,22,23). The Labute approximate surface area is 132 Å². The molecular formula is C15H15N5O3. The van der Waals surface area contributed by atoms with Crippen molar-refractivity contribution in [1.29, 1.82) is 0 Å².